The Morgan fingerprint density at radius 3 is 2.52 bits per heavy atom. The molecular formula is C15H27N5O. The molecule has 1 aliphatic rings. The molecule has 1 aromatic heterocycles. The number of aromatic nitrogens is 2. The molecule has 1 atom stereocenters. The van der Waals surface area contributed by atoms with Crippen molar-refractivity contribution in [2.75, 3.05) is 17.3 Å². The molecule has 0 bridgehead atoms. The first-order chi connectivity index (χ1) is 9.69. The molecule has 6 nitrogen and oxygen atoms in total. The van der Waals surface area contributed by atoms with Crippen LogP contribution in [0.1, 0.15) is 53.3 Å². The summed E-state index contributed by atoms with van der Waals surface area (Å²) >= 11 is 0. The van der Waals surface area contributed by atoms with Gasteiger partial charge in [0.2, 0.25) is 0 Å². The van der Waals surface area contributed by atoms with Crippen molar-refractivity contribution >= 4 is 11.6 Å². The minimum Gasteiger partial charge on any atom is -0.375 e. The van der Waals surface area contributed by atoms with Crippen LogP contribution in [0.2, 0.25) is 0 Å². The van der Waals surface area contributed by atoms with Crippen molar-refractivity contribution in [3.63, 3.8) is 0 Å². The van der Waals surface area contributed by atoms with E-state index in [1.807, 2.05) is 6.07 Å². The Morgan fingerprint density at radius 1 is 1.29 bits per heavy atom. The summed E-state index contributed by atoms with van der Waals surface area (Å²) in [5, 5.41) is 3.50. The van der Waals surface area contributed by atoms with Gasteiger partial charge >= 0.3 is 0 Å². The second-order valence-corrected chi connectivity index (χ2v) is 7.30. The van der Waals surface area contributed by atoms with Crippen LogP contribution in [-0.2, 0) is 10.2 Å². The maximum atomic E-state index is 5.75. The molecule has 1 aromatic rings. The van der Waals surface area contributed by atoms with Gasteiger partial charge in [-0.3, -0.25) is 0 Å². The molecule has 21 heavy (non-hydrogen) atoms. The normalized spacial score (nSPS) is 21.9. The summed E-state index contributed by atoms with van der Waals surface area (Å²) < 4.78 is 5.75. The largest absolute Gasteiger partial charge is 0.375 e. The third kappa shape index (κ3) is 4.28. The molecule has 0 aliphatic carbocycles. The minimum atomic E-state index is -0.127. The molecule has 6 heteroatoms. The molecule has 0 amide bonds. The first-order valence-corrected chi connectivity index (χ1v) is 7.46. The van der Waals surface area contributed by atoms with Gasteiger partial charge in [-0.1, -0.05) is 20.8 Å². The average molecular weight is 293 g/mol. The number of nitrogen functional groups attached to an aromatic ring is 1. The van der Waals surface area contributed by atoms with Gasteiger partial charge in [0.25, 0.3) is 0 Å². The summed E-state index contributed by atoms with van der Waals surface area (Å²) in [5.74, 6) is 7.73. The number of hydrazine groups is 1. The number of rotatable bonds is 3. The van der Waals surface area contributed by atoms with E-state index in [1.54, 1.807) is 0 Å². The average Bonchev–Trinajstić information content (AvgIpc) is 2.36. The molecule has 1 saturated heterocycles. The molecule has 1 fully saturated rings. The van der Waals surface area contributed by atoms with Crippen LogP contribution in [-0.4, -0.2) is 28.2 Å². The number of ether oxygens (including phenoxy) is 1. The van der Waals surface area contributed by atoms with Crippen molar-refractivity contribution in [3.05, 3.63) is 11.9 Å². The predicted octanol–water partition coefficient (Wildman–Crippen LogP) is 2.43. The Bertz CT molecular complexity index is 495. The van der Waals surface area contributed by atoms with E-state index in [2.05, 4.69) is 55.3 Å². The highest BCUT2D eigenvalue weighted by atomic mass is 16.5. The zero-order valence-electron chi connectivity index (χ0n) is 13.7. The zero-order valence-corrected chi connectivity index (χ0v) is 13.7. The van der Waals surface area contributed by atoms with E-state index in [9.17, 15) is 0 Å². The fraction of sp³-hybridized carbons (Fsp3) is 0.733. The van der Waals surface area contributed by atoms with E-state index in [0.29, 0.717) is 11.9 Å². The van der Waals surface area contributed by atoms with Crippen LogP contribution in [0.25, 0.3) is 0 Å². The Balaban J connectivity index is 2.19. The maximum Gasteiger partial charge on any atom is 0.145 e. The summed E-state index contributed by atoms with van der Waals surface area (Å²) in [7, 11) is 0. The number of nitrogens with one attached hydrogen (secondary N) is 2. The van der Waals surface area contributed by atoms with Gasteiger partial charge in [0.05, 0.1) is 5.60 Å². The highest BCUT2D eigenvalue weighted by molar-refractivity contribution is 5.48. The summed E-state index contributed by atoms with van der Waals surface area (Å²) in [6.07, 6.45) is 1.93. The fourth-order valence-electron chi connectivity index (χ4n) is 2.49. The standard InChI is InChI=1S/C15H27N5O/c1-14(2,3)13-18-11(8-12(19-13)20-16)17-10-6-7-21-15(4,5)9-10/h8,10H,6-7,9,16H2,1-5H3,(H2,17,18,19,20). The molecule has 4 N–H and O–H groups in total. The number of hydrogen-bond acceptors (Lipinski definition) is 6. The molecule has 2 heterocycles. The number of nitrogens with zero attached hydrogens (tertiary/aromatic N) is 2. The third-order valence-corrected chi connectivity index (χ3v) is 3.59. The van der Waals surface area contributed by atoms with Crippen molar-refractivity contribution in [1.82, 2.24) is 9.97 Å². The van der Waals surface area contributed by atoms with Gasteiger partial charge in [0.15, 0.2) is 0 Å². The number of anilines is 2. The molecular weight excluding hydrogens is 266 g/mol. The Labute approximate surface area is 126 Å². The van der Waals surface area contributed by atoms with E-state index in [-0.39, 0.29) is 11.0 Å². The number of hydrogen-bond donors (Lipinski definition) is 3. The lowest BCUT2D eigenvalue weighted by Crippen LogP contribution is -2.40. The zero-order chi connectivity index (χ0) is 15.7. The van der Waals surface area contributed by atoms with Crippen LogP contribution in [0.4, 0.5) is 11.6 Å². The van der Waals surface area contributed by atoms with Crippen LogP contribution < -0.4 is 16.6 Å². The van der Waals surface area contributed by atoms with Crippen molar-refractivity contribution in [2.45, 2.75) is 64.5 Å². The van der Waals surface area contributed by atoms with Crippen molar-refractivity contribution in [3.8, 4) is 0 Å². The predicted molar refractivity (Wildman–Crippen MR) is 85.2 cm³/mol. The van der Waals surface area contributed by atoms with Crippen molar-refractivity contribution < 1.29 is 4.74 Å². The van der Waals surface area contributed by atoms with E-state index < -0.39 is 0 Å². The van der Waals surface area contributed by atoms with Gasteiger partial charge in [0, 0.05) is 24.1 Å². The summed E-state index contributed by atoms with van der Waals surface area (Å²) in [6.45, 7) is 11.3. The summed E-state index contributed by atoms with van der Waals surface area (Å²) in [6, 6.07) is 2.19. The Kier molecular flexibility index (Phi) is 4.39. The highest BCUT2D eigenvalue weighted by Crippen LogP contribution is 2.27. The molecule has 0 radical (unpaired) electrons. The molecule has 1 unspecified atom stereocenters. The molecule has 0 saturated carbocycles. The minimum absolute atomic E-state index is 0.0925. The lowest BCUT2D eigenvalue weighted by atomic mass is 9.94. The topological polar surface area (TPSA) is 85.1 Å². The van der Waals surface area contributed by atoms with Crippen LogP contribution in [0.3, 0.4) is 0 Å². The van der Waals surface area contributed by atoms with Crippen molar-refractivity contribution in [2.24, 2.45) is 5.84 Å². The van der Waals surface area contributed by atoms with Gasteiger partial charge in [-0.2, -0.15) is 0 Å². The molecule has 0 aromatic carbocycles. The third-order valence-electron chi connectivity index (χ3n) is 3.59. The molecule has 118 valence electrons. The van der Waals surface area contributed by atoms with E-state index in [4.69, 9.17) is 10.6 Å². The van der Waals surface area contributed by atoms with Crippen LogP contribution in [0.5, 0.6) is 0 Å². The fourth-order valence-corrected chi connectivity index (χ4v) is 2.49. The SMILES string of the molecule is CC1(C)CC(Nc2cc(NN)nc(C(C)(C)C)n2)CCO1. The van der Waals surface area contributed by atoms with Gasteiger partial charge < -0.3 is 15.5 Å². The lowest BCUT2D eigenvalue weighted by Gasteiger charge is -2.36. The quantitative estimate of drug-likeness (QED) is 0.586. The molecule has 2 rings (SSSR count). The van der Waals surface area contributed by atoms with Crippen LogP contribution >= 0.6 is 0 Å². The maximum absolute atomic E-state index is 5.75. The van der Waals surface area contributed by atoms with Crippen LogP contribution in [0.15, 0.2) is 6.07 Å². The van der Waals surface area contributed by atoms with Crippen LogP contribution in [0, 0.1) is 0 Å². The molecule has 0 spiro atoms. The highest BCUT2D eigenvalue weighted by Gasteiger charge is 2.29. The first kappa shape index (κ1) is 16.0. The Morgan fingerprint density at radius 2 is 1.95 bits per heavy atom. The van der Waals surface area contributed by atoms with Crippen molar-refractivity contribution in [1.29, 1.82) is 0 Å². The summed E-state index contributed by atoms with van der Waals surface area (Å²) in [4.78, 5) is 9.07. The second-order valence-electron chi connectivity index (χ2n) is 7.30. The van der Waals surface area contributed by atoms with E-state index in [0.717, 1.165) is 31.1 Å². The van der Waals surface area contributed by atoms with Gasteiger partial charge in [-0.15, -0.1) is 0 Å². The summed E-state index contributed by atoms with van der Waals surface area (Å²) in [5.41, 5.74) is 2.40. The van der Waals surface area contributed by atoms with E-state index >= 15 is 0 Å². The molecule has 1 aliphatic heterocycles. The first-order valence-electron chi connectivity index (χ1n) is 7.46. The Hall–Kier alpha value is -1.40. The monoisotopic (exact) mass is 293 g/mol. The lowest BCUT2D eigenvalue weighted by molar-refractivity contribution is -0.0553. The van der Waals surface area contributed by atoms with Gasteiger partial charge in [0.1, 0.15) is 17.5 Å². The second kappa shape index (κ2) is 5.77. The van der Waals surface area contributed by atoms with Gasteiger partial charge in [-0.25, -0.2) is 15.8 Å². The van der Waals surface area contributed by atoms with Gasteiger partial charge in [-0.05, 0) is 26.7 Å². The van der Waals surface area contributed by atoms with E-state index in [1.165, 1.54) is 0 Å². The smallest absolute Gasteiger partial charge is 0.145 e. The number of nitrogens with two attached hydrogens (primary N) is 1.